The standard InChI is InChI=1S/C26H29N5O4/c1-15(2)28-25(32)18-14-19-24(29-23-16(3)7-6-11-31(23)26(19)33)30(22(18)27)12-10-17-8-9-20(34-4)21(13-17)35-5/h6-9,11,13-15,27H,10,12H2,1-5H3,(H,28,32)/p+1. The molecule has 0 atom stereocenters. The maximum Gasteiger partial charge on any atom is 0.278 e. The molecule has 3 heterocycles. The molecule has 35 heavy (non-hydrogen) atoms. The average molecular weight is 477 g/mol. The lowest BCUT2D eigenvalue weighted by atomic mass is 10.1. The second-order valence-electron chi connectivity index (χ2n) is 8.70. The highest BCUT2D eigenvalue weighted by Crippen LogP contribution is 2.28. The van der Waals surface area contributed by atoms with Crippen LogP contribution >= 0.6 is 0 Å². The van der Waals surface area contributed by atoms with E-state index < -0.39 is 0 Å². The predicted octanol–water partition coefficient (Wildman–Crippen LogP) is 2.42. The van der Waals surface area contributed by atoms with Crippen molar-refractivity contribution in [3.8, 4) is 11.5 Å². The van der Waals surface area contributed by atoms with Crippen molar-refractivity contribution >= 4 is 28.4 Å². The third-order valence-corrected chi connectivity index (χ3v) is 5.91. The highest BCUT2D eigenvalue weighted by atomic mass is 16.5. The molecule has 0 bridgehead atoms. The molecule has 0 radical (unpaired) electrons. The minimum Gasteiger partial charge on any atom is -0.493 e. The van der Waals surface area contributed by atoms with E-state index in [1.165, 1.54) is 4.40 Å². The highest BCUT2D eigenvalue weighted by molar-refractivity contribution is 6.00. The number of carbonyl (C=O) groups is 1. The smallest absolute Gasteiger partial charge is 0.278 e. The zero-order chi connectivity index (χ0) is 25.3. The first-order valence-electron chi connectivity index (χ1n) is 11.4. The Kier molecular flexibility index (Phi) is 6.59. The minimum atomic E-state index is -0.340. The molecular formula is C26H30N5O4+. The van der Waals surface area contributed by atoms with Crippen molar-refractivity contribution < 1.29 is 18.8 Å². The van der Waals surface area contributed by atoms with E-state index in [2.05, 4.69) is 5.32 Å². The molecule has 1 aromatic carbocycles. The Bertz CT molecular complexity index is 1490. The van der Waals surface area contributed by atoms with E-state index in [1.807, 2.05) is 45.0 Å². The van der Waals surface area contributed by atoms with Gasteiger partial charge in [-0.25, -0.2) is 4.57 Å². The molecule has 0 aliphatic carbocycles. The molecule has 0 aliphatic heterocycles. The van der Waals surface area contributed by atoms with Crippen LogP contribution in [0.4, 0.5) is 5.82 Å². The Morgan fingerprint density at radius 1 is 1.17 bits per heavy atom. The molecule has 1 amide bonds. The van der Waals surface area contributed by atoms with Gasteiger partial charge in [0.25, 0.3) is 17.1 Å². The first-order chi connectivity index (χ1) is 16.7. The SMILES string of the molecule is COc1ccc(CC[n+]2c(N)c(C(=O)NC(C)C)cc3c(=O)n4cccc(C)c4nc32)cc1OC. The minimum absolute atomic E-state index is 0.0868. The predicted molar refractivity (Wildman–Crippen MR) is 134 cm³/mol. The zero-order valence-electron chi connectivity index (χ0n) is 20.6. The van der Waals surface area contributed by atoms with Gasteiger partial charge in [0, 0.05) is 24.2 Å². The first-order valence-corrected chi connectivity index (χ1v) is 11.4. The molecule has 4 rings (SSSR count). The average Bonchev–Trinajstić information content (AvgIpc) is 2.83. The molecule has 0 spiro atoms. The van der Waals surface area contributed by atoms with E-state index in [-0.39, 0.29) is 28.9 Å². The Balaban J connectivity index is 1.90. The highest BCUT2D eigenvalue weighted by Gasteiger charge is 2.25. The number of nitrogen functional groups attached to an aromatic ring is 1. The van der Waals surface area contributed by atoms with Crippen LogP contribution in [0.15, 0.2) is 47.4 Å². The summed E-state index contributed by atoms with van der Waals surface area (Å²) in [6, 6.07) is 10.8. The van der Waals surface area contributed by atoms with Crippen molar-refractivity contribution in [2.75, 3.05) is 20.0 Å². The zero-order valence-corrected chi connectivity index (χ0v) is 20.6. The van der Waals surface area contributed by atoms with Crippen molar-refractivity contribution in [1.82, 2.24) is 14.7 Å². The summed E-state index contributed by atoms with van der Waals surface area (Å²) in [5, 5.41) is 3.19. The Morgan fingerprint density at radius 3 is 2.60 bits per heavy atom. The number of carbonyl (C=O) groups excluding carboxylic acids is 1. The summed E-state index contributed by atoms with van der Waals surface area (Å²) in [5.41, 5.74) is 9.33. The molecule has 0 unspecified atom stereocenters. The molecular weight excluding hydrogens is 446 g/mol. The third-order valence-electron chi connectivity index (χ3n) is 5.91. The van der Waals surface area contributed by atoms with Crippen molar-refractivity contribution in [2.24, 2.45) is 0 Å². The van der Waals surface area contributed by atoms with E-state index >= 15 is 0 Å². The van der Waals surface area contributed by atoms with Crippen LogP contribution in [0.5, 0.6) is 11.5 Å². The third kappa shape index (κ3) is 4.49. The summed E-state index contributed by atoms with van der Waals surface area (Å²) < 4.78 is 14.0. The normalized spacial score (nSPS) is 11.3. The van der Waals surface area contributed by atoms with E-state index in [4.69, 9.17) is 20.2 Å². The number of anilines is 1. The summed E-state index contributed by atoms with van der Waals surface area (Å²) in [5.74, 6) is 1.17. The van der Waals surface area contributed by atoms with E-state index in [9.17, 15) is 9.59 Å². The summed E-state index contributed by atoms with van der Waals surface area (Å²) in [7, 11) is 3.17. The van der Waals surface area contributed by atoms with E-state index in [0.29, 0.717) is 41.1 Å². The van der Waals surface area contributed by atoms with Gasteiger partial charge in [-0.3, -0.25) is 14.0 Å². The molecule has 3 aromatic heterocycles. The summed E-state index contributed by atoms with van der Waals surface area (Å²) in [4.78, 5) is 31.2. The van der Waals surface area contributed by atoms with Crippen molar-refractivity contribution in [1.29, 1.82) is 0 Å². The van der Waals surface area contributed by atoms with Gasteiger partial charge in [0.15, 0.2) is 11.5 Å². The van der Waals surface area contributed by atoms with Crippen LogP contribution in [-0.4, -0.2) is 35.6 Å². The fourth-order valence-electron chi connectivity index (χ4n) is 4.14. The monoisotopic (exact) mass is 476 g/mol. The van der Waals surface area contributed by atoms with Gasteiger partial charge in [0.2, 0.25) is 11.5 Å². The second kappa shape index (κ2) is 9.61. The van der Waals surface area contributed by atoms with Crippen LogP contribution in [0.1, 0.15) is 35.3 Å². The molecule has 3 N–H and O–H groups in total. The lowest BCUT2D eigenvalue weighted by molar-refractivity contribution is -0.658. The molecule has 182 valence electrons. The van der Waals surface area contributed by atoms with Gasteiger partial charge in [-0.1, -0.05) is 17.1 Å². The number of rotatable bonds is 7. The van der Waals surface area contributed by atoms with Gasteiger partial charge in [0.1, 0.15) is 10.9 Å². The number of nitrogens with two attached hydrogens (primary N) is 1. The molecule has 4 aromatic rings. The second-order valence-corrected chi connectivity index (χ2v) is 8.70. The van der Waals surface area contributed by atoms with Crippen LogP contribution in [0.2, 0.25) is 0 Å². The number of methoxy groups -OCH3 is 2. The number of nitrogens with one attached hydrogen (secondary N) is 1. The molecule has 9 heteroatoms. The Hall–Kier alpha value is -4.14. The van der Waals surface area contributed by atoms with Gasteiger partial charge in [-0.2, -0.15) is 0 Å². The van der Waals surface area contributed by atoms with E-state index in [0.717, 1.165) is 11.1 Å². The van der Waals surface area contributed by atoms with Crippen molar-refractivity contribution in [3.05, 3.63) is 69.6 Å². The number of pyridine rings is 2. The van der Waals surface area contributed by atoms with Crippen LogP contribution in [0.3, 0.4) is 0 Å². The lowest BCUT2D eigenvalue weighted by Crippen LogP contribution is -2.44. The quantitative estimate of drug-likeness (QED) is 0.313. The van der Waals surface area contributed by atoms with Gasteiger partial charge < -0.3 is 20.5 Å². The van der Waals surface area contributed by atoms with Gasteiger partial charge in [0.05, 0.1) is 20.8 Å². The van der Waals surface area contributed by atoms with Crippen LogP contribution in [0.25, 0.3) is 16.7 Å². The summed E-state index contributed by atoms with van der Waals surface area (Å²) in [6.07, 6.45) is 2.24. The molecule has 0 saturated heterocycles. The topological polar surface area (TPSA) is 112 Å². The van der Waals surface area contributed by atoms with Crippen molar-refractivity contribution in [3.63, 3.8) is 0 Å². The number of aryl methyl sites for hydroxylation is 3. The molecule has 0 fully saturated rings. The number of fused-ring (bicyclic) bond motifs is 2. The number of ether oxygens (including phenoxy) is 2. The van der Waals surface area contributed by atoms with Gasteiger partial charge >= 0.3 is 0 Å². The number of amides is 1. The maximum atomic E-state index is 13.4. The molecule has 0 saturated carbocycles. The number of benzene rings is 1. The summed E-state index contributed by atoms with van der Waals surface area (Å²) in [6.45, 7) is 6.03. The van der Waals surface area contributed by atoms with Gasteiger partial charge in [-0.15, -0.1) is 0 Å². The maximum absolute atomic E-state index is 13.4. The van der Waals surface area contributed by atoms with Crippen LogP contribution < -0.4 is 30.7 Å². The Morgan fingerprint density at radius 2 is 1.91 bits per heavy atom. The van der Waals surface area contributed by atoms with Crippen LogP contribution in [-0.2, 0) is 13.0 Å². The van der Waals surface area contributed by atoms with E-state index in [1.54, 1.807) is 37.1 Å². The summed E-state index contributed by atoms with van der Waals surface area (Å²) >= 11 is 0. The lowest BCUT2D eigenvalue weighted by Gasteiger charge is -2.14. The number of aromatic nitrogens is 3. The largest absolute Gasteiger partial charge is 0.493 e. The van der Waals surface area contributed by atoms with Crippen molar-refractivity contribution in [2.45, 2.75) is 39.8 Å². The van der Waals surface area contributed by atoms with Gasteiger partial charge in [-0.05, 0) is 50.6 Å². The fourth-order valence-corrected chi connectivity index (χ4v) is 4.14. The number of hydrogen-bond acceptors (Lipinski definition) is 6. The Labute approximate surface area is 203 Å². The molecule has 0 aliphatic rings. The number of nitrogens with zero attached hydrogens (tertiary/aromatic N) is 3. The number of hydrogen-bond donors (Lipinski definition) is 2. The molecule has 9 nitrogen and oxygen atoms in total. The first kappa shape index (κ1) is 24.0. The fraction of sp³-hybridized carbons (Fsp3) is 0.308. The van der Waals surface area contributed by atoms with Crippen LogP contribution in [0, 0.1) is 6.92 Å².